The highest BCUT2D eigenvalue weighted by molar-refractivity contribution is 7.89. The summed E-state index contributed by atoms with van der Waals surface area (Å²) in [6.45, 7) is 3.87. The van der Waals surface area contributed by atoms with E-state index in [1.807, 2.05) is 0 Å². The second-order valence-electron chi connectivity index (χ2n) is 10.9. The van der Waals surface area contributed by atoms with E-state index in [1.54, 1.807) is 24.3 Å². The van der Waals surface area contributed by atoms with Crippen LogP contribution < -0.4 is 15.3 Å². The van der Waals surface area contributed by atoms with Gasteiger partial charge in [0.25, 0.3) is 5.91 Å². The number of ether oxygens (including phenoxy) is 5. The van der Waals surface area contributed by atoms with Crippen LogP contribution in [0.3, 0.4) is 0 Å². The zero-order valence-corrected chi connectivity index (χ0v) is 27.1. The number of hydrogen-bond acceptors (Lipinski definition) is 13. The summed E-state index contributed by atoms with van der Waals surface area (Å²) >= 11 is 0. The van der Waals surface area contributed by atoms with E-state index in [0.717, 1.165) is 27.7 Å². The summed E-state index contributed by atoms with van der Waals surface area (Å²) in [5.74, 6) is -4.59. The van der Waals surface area contributed by atoms with Gasteiger partial charge >= 0.3 is 23.9 Å². The number of aromatic hydroxyl groups is 1. The number of carbonyl (C=O) groups excluding carboxylic acids is 5. The van der Waals surface area contributed by atoms with Gasteiger partial charge in [0.2, 0.25) is 15.9 Å². The molecule has 17 heteroatoms. The number of amides is 1. The summed E-state index contributed by atoms with van der Waals surface area (Å²) in [4.78, 5) is 66.0. The normalized spacial score (nSPS) is 22.1. The molecule has 2 N–H and O–H groups in total. The van der Waals surface area contributed by atoms with Gasteiger partial charge in [0.1, 0.15) is 12.7 Å². The van der Waals surface area contributed by atoms with Crippen molar-refractivity contribution in [1.29, 1.82) is 0 Å². The molecule has 0 saturated carbocycles. The molecule has 0 bridgehead atoms. The molecule has 1 fully saturated rings. The van der Waals surface area contributed by atoms with Gasteiger partial charge in [-0.1, -0.05) is 18.2 Å². The summed E-state index contributed by atoms with van der Waals surface area (Å²) in [5, 5.41) is 12.6. The van der Waals surface area contributed by atoms with E-state index >= 15 is 0 Å². The average Bonchev–Trinajstić information content (AvgIpc) is 3.48. The molecule has 2 aromatic carbocycles. The van der Waals surface area contributed by atoms with E-state index in [0.29, 0.717) is 0 Å². The number of benzene rings is 2. The molecule has 16 nitrogen and oxygen atoms in total. The van der Waals surface area contributed by atoms with Gasteiger partial charge < -0.3 is 28.8 Å². The number of para-hydroxylation sites is 1. The van der Waals surface area contributed by atoms with Crippen LogP contribution >= 0.6 is 0 Å². The van der Waals surface area contributed by atoms with Gasteiger partial charge in [-0.2, -0.15) is 0 Å². The van der Waals surface area contributed by atoms with Gasteiger partial charge in [0.05, 0.1) is 26.9 Å². The molecule has 2 aliphatic heterocycles. The number of esters is 4. The van der Waals surface area contributed by atoms with Crippen LogP contribution in [-0.4, -0.2) is 85.9 Å². The van der Waals surface area contributed by atoms with Gasteiger partial charge in [-0.05, 0) is 31.3 Å². The van der Waals surface area contributed by atoms with Gasteiger partial charge in [-0.25, -0.2) is 18.1 Å². The van der Waals surface area contributed by atoms with Crippen LogP contribution in [0.5, 0.6) is 5.88 Å². The predicted molar refractivity (Wildman–Crippen MR) is 162 cm³/mol. The maximum absolute atomic E-state index is 13.4. The van der Waals surface area contributed by atoms with Crippen LogP contribution in [0.2, 0.25) is 0 Å². The highest BCUT2D eigenvalue weighted by Gasteiger charge is 2.54. The third-order valence-corrected chi connectivity index (χ3v) is 9.02. The molecule has 1 aromatic heterocycles. The maximum Gasteiger partial charge on any atom is 0.303 e. The molecule has 5 rings (SSSR count). The summed E-state index contributed by atoms with van der Waals surface area (Å²) < 4.78 is 56.7. The lowest BCUT2D eigenvalue weighted by atomic mass is 9.97. The minimum Gasteiger partial charge on any atom is -0.494 e. The first-order chi connectivity index (χ1) is 22.6. The molecule has 0 spiro atoms. The fourth-order valence-corrected chi connectivity index (χ4v) is 6.54. The SMILES string of the molecule is CNS(=O)(=O)c1ccc2c(c1)=C(c1c(O)n([C@@H]3O[C@H](COC(C)=O)[C@@H](OC(C)=O)[C@H](OC(C)=O)[C@H]3OC(C)=O)c3ccccc13)C(=O)N=2. The molecule has 0 radical (unpaired) electrons. The molecule has 3 heterocycles. The number of carbonyl (C=O) groups is 5. The molecular weight excluding hydrogens is 654 g/mol. The third kappa shape index (κ3) is 6.39. The quantitative estimate of drug-likeness (QED) is 0.222. The largest absolute Gasteiger partial charge is 0.494 e. The number of sulfonamides is 1. The zero-order valence-electron chi connectivity index (χ0n) is 26.3. The van der Waals surface area contributed by atoms with Crippen molar-refractivity contribution in [3.8, 4) is 5.88 Å². The van der Waals surface area contributed by atoms with E-state index < -0.39 is 82.9 Å². The number of fused-ring (bicyclic) bond motifs is 2. The number of nitrogens with zero attached hydrogens (tertiary/aromatic N) is 2. The highest BCUT2D eigenvalue weighted by atomic mass is 32.2. The Balaban J connectivity index is 1.79. The van der Waals surface area contributed by atoms with E-state index in [1.165, 1.54) is 29.8 Å². The summed E-state index contributed by atoms with van der Waals surface area (Å²) in [5.41, 5.74) is 0.0554. The minimum atomic E-state index is -3.94. The van der Waals surface area contributed by atoms with Gasteiger partial charge in [0.15, 0.2) is 24.5 Å². The lowest BCUT2D eigenvalue weighted by Gasteiger charge is -2.45. The first-order valence-electron chi connectivity index (χ1n) is 14.5. The standard InChI is InChI=1S/C31H31N3O13S/c1-14(35)43-13-23-26(44-15(2)36)27(45-16(3)37)28(46-17(4)38)31(47-23)34-22-9-7-6-8-19(22)25(30(34)40)24-20-12-18(48(41,42)32-5)10-11-21(20)33-29(24)39/h6-12,23,26-28,31-32,40H,13H2,1-5H3/t23-,26-,27+,28-,31-/m1/s1. The summed E-state index contributed by atoms with van der Waals surface area (Å²) in [6.07, 6.45) is -7.43. The summed E-state index contributed by atoms with van der Waals surface area (Å²) in [7, 11) is -2.71. The first kappa shape index (κ1) is 34.2. The van der Waals surface area contributed by atoms with Crippen LogP contribution in [-0.2, 0) is 57.7 Å². The second-order valence-corrected chi connectivity index (χ2v) is 12.7. The maximum atomic E-state index is 13.4. The third-order valence-electron chi connectivity index (χ3n) is 7.61. The molecule has 2 aliphatic rings. The molecule has 0 aliphatic carbocycles. The lowest BCUT2D eigenvalue weighted by Crippen LogP contribution is -2.60. The van der Waals surface area contributed by atoms with Crippen molar-refractivity contribution in [3.05, 3.63) is 58.6 Å². The van der Waals surface area contributed by atoms with Crippen molar-refractivity contribution in [1.82, 2.24) is 9.29 Å². The van der Waals surface area contributed by atoms with Crippen molar-refractivity contribution in [3.63, 3.8) is 0 Å². The van der Waals surface area contributed by atoms with Crippen LogP contribution in [0, 0.1) is 0 Å². The molecule has 1 saturated heterocycles. The van der Waals surface area contributed by atoms with Gasteiger partial charge in [0, 0.05) is 38.3 Å². The number of hydrogen-bond donors (Lipinski definition) is 2. The lowest BCUT2D eigenvalue weighted by molar-refractivity contribution is -0.268. The molecule has 254 valence electrons. The summed E-state index contributed by atoms with van der Waals surface area (Å²) in [6, 6.07) is 10.3. The number of aromatic nitrogens is 1. The Morgan fingerprint density at radius 2 is 1.54 bits per heavy atom. The van der Waals surface area contributed by atoms with E-state index in [9.17, 15) is 37.5 Å². The molecule has 1 amide bonds. The first-order valence-corrected chi connectivity index (χ1v) is 16.0. The highest BCUT2D eigenvalue weighted by Crippen LogP contribution is 2.43. The number of nitrogens with one attached hydrogen (secondary N) is 1. The zero-order chi connectivity index (χ0) is 35.1. The average molecular weight is 686 g/mol. The van der Waals surface area contributed by atoms with Crippen LogP contribution in [0.15, 0.2) is 52.4 Å². The fourth-order valence-electron chi connectivity index (χ4n) is 5.79. The van der Waals surface area contributed by atoms with Gasteiger partial charge in [-0.15, -0.1) is 0 Å². The van der Waals surface area contributed by atoms with E-state index in [2.05, 4.69) is 9.71 Å². The van der Waals surface area contributed by atoms with Crippen LogP contribution in [0.25, 0.3) is 16.5 Å². The molecular formula is C31H31N3O13S. The smallest absolute Gasteiger partial charge is 0.303 e. The van der Waals surface area contributed by atoms with Crippen molar-refractivity contribution in [2.75, 3.05) is 13.7 Å². The molecule has 5 atom stereocenters. The minimum absolute atomic E-state index is 0.0510. The Bertz CT molecular complexity index is 2090. The Labute approximate surface area is 272 Å². The van der Waals surface area contributed by atoms with E-state index in [4.69, 9.17) is 23.7 Å². The monoisotopic (exact) mass is 685 g/mol. The molecule has 0 unspecified atom stereocenters. The topological polar surface area (TPSA) is 215 Å². The van der Waals surface area contributed by atoms with Crippen molar-refractivity contribution in [2.45, 2.75) is 63.2 Å². The number of rotatable bonds is 9. The second kappa shape index (κ2) is 13.2. The van der Waals surface area contributed by atoms with Crippen LogP contribution in [0.1, 0.15) is 39.5 Å². The van der Waals surface area contributed by atoms with Gasteiger partial charge in [-0.3, -0.25) is 28.5 Å². The Hall–Kier alpha value is -5.13. The van der Waals surface area contributed by atoms with Crippen molar-refractivity contribution >= 4 is 56.3 Å². The molecule has 48 heavy (non-hydrogen) atoms. The van der Waals surface area contributed by atoms with Crippen molar-refractivity contribution in [2.24, 2.45) is 4.99 Å². The van der Waals surface area contributed by atoms with Crippen molar-refractivity contribution < 1.29 is 61.2 Å². The Morgan fingerprint density at radius 3 is 2.17 bits per heavy atom. The van der Waals surface area contributed by atoms with Crippen LogP contribution in [0.4, 0.5) is 0 Å². The van der Waals surface area contributed by atoms with E-state index in [-0.39, 0.29) is 37.5 Å². The Morgan fingerprint density at radius 1 is 0.917 bits per heavy atom. The Kier molecular flexibility index (Phi) is 9.39. The fraction of sp³-hybridized carbons (Fsp3) is 0.355. The molecule has 3 aromatic rings. The predicted octanol–water partition coefficient (Wildman–Crippen LogP) is -0.131.